The highest BCUT2D eigenvalue weighted by molar-refractivity contribution is 8.93. The highest BCUT2D eigenvalue weighted by Crippen LogP contribution is 1.77. The van der Waals surface area contributed by atoms with Gasteiger partial charge in [0.2, 0.25) is 0 Å². The highest BCUT2D eigenvalue weighted by Gasteiger charge is 1.67. The Bertz CT molecular complexity index is 17.2. The van der Waals surface area contributed by atoms with Crippen LogP contribution in [0, 0.1) is 0 Å². The molecule has 0 aliphatic carbocycles. The molecule has 0 aromatic heterocycles. The summed E-state index contributed by atoms with van der Waals surface area (Å²) < 4.78 is 0. The van der Waals surface area contributed by atoms with Crippen molar-refractivity contribution in [2.45, 2.75) is 19.8 Å². The molecule has 0 unspecified atom stereocenters. The molecule has 3 heteroatoms. The van der Waals surface area contributed by atoms with E-state index < -0.39 is 0 Å². The summed E-state index contributed by atoms with van der Waals surface area (Å²) >= 11 is 0. The Kier molecular flexibility index (Phi) is 36.1. The number of unbranched alkanes of at least 4 members (excludes halogenated alkanes) is 1. The number of halogens is 1. The maximum Gasteiger partial charge on any atom is -0.00774 e. The predicted molar refractivity (Wildman–Crippen MR) is 39.3 cm³/mol. The van der Waals surface area contributed by atoms with Gasteiger partial charge in [-0.25, -0.2) is 0 Å². The fourth-order valence-electron chi connectivity index (χ4n) is 0.204. The molecule has 0 amide bonds. The summed E-state index contributed by atoms with van der Waals surface area (Å²) in [5.41, 5.74) is 5.14. The average Bonchev–Trinajstić information content (AvgIpc) is 1.41. The average molecular weight is 171 g/mol. The molecule has 0 atom stereocenters. The third-order valence-electron chi connectivity index (χ3n) is 0.558. The van der Waals surface area contributed by atoms with Gasteiger partial charge in [-0.15, -0.1) is 17.0 Å². The van der Waals surface area contributed by atoms with E-state index in [-0.39, 0.29) is 23.1 Å². The van der Waals surface area contributed by atoms with Gasteiger partial charge in [-0.1, -0.05) is 13.3 Å². The molecule has 0 aromatic rings. The van der Waals surface area contributed by atoms with E-state index in [2.05, 4.69) is 6.92 Å². The number of hydrogen-bond acceptors (Lipinski definition) is 2. The smallest absolute Gasteiger partial charge is 0.00774 e. The van der Waals surface area contributed by atoms with Crippen LogP contribution in [0.5, 0.6) is 0 Å². The molecule has 48 valence electrons. The van der Waals surface area contributed by atoms with E-state index >= 15 is 0 Å². The van der Waals surface area contributed by atoms with Crippen LogP contribution >= 0.6 is 17.0 Å². The van der Waals surface area contributed by atoms with Crippen molar-refractivity contribution in [2.75, 3.05) is 6.54 Å². The Morgan fingerprint density at radius 3 is 1.86 bits per heavy atom. The molecule has 0 rings (SSSR count). The van der Waals surface area contributed by atoms with Crippen molar-refractivity contribution in [1.29, 1.82) is 0 Å². The summed E-state index contributed by atoms with van der Waals surface area (Å²) in [6, 6.07) is 0. The minimum atomic E-state index is 0. The Morgan fingerprint density at radius 2 is 1.86 bits per heavy atom. The zero-order valence-corrected chi connectivity index (χ0v) is 6.53. The lowest BCUT2D eigenvalue weighted by Crippen LogP contribution is -1.95. The molecule has 0 aliphatic heterocycles. The zero-order chi connectivity index (χ0) is 4.12. The SMILES string of the molecule is Br.CCCCN.N. The third-order valence-corrected chi connectivity index (χ3v) is 0.558. The van der Waals surface area contributed by atoms with Crippen LogP contribution in [-0.4, -0.2) is 6.54 Å². The fraction of sp³-hybridized carbons (Fsp3) is 1.00. The van der Waals surface area contributed by atoms with Gasteiger partial charge in [0.05, 0.1) is 0 Å². The first-order valence-corrected chi connectivity index (χ1v) is 2.12. The standard InChI is InChI=1S/C4H11N.BrH.H3N/c1-2-3-4-5;;/h2-5H2,1H3;1H;1H3. The lowest BCUT2D eigenvalue weighted by Gasteiger charge is -1.80. The lowest BCUT2D eigenvalue weighted by atomic mass is 10.3. The van der Waals surface area contributed by atoms with Crippen molar-refractivity contribution in [1.82, 2.24) is 6.15 Å². The van der Waals surface area contributed by atoms with E-state index in [1.54, 1.807) is 0 Å². The van der Waals surface area contributed by atoms with Crippen LogP contribution in [0.25, 0.3) is 0 Å². The van der Waals surface area contributed by atoms with E-state index in [4.69, 9.17) is 5.73 Å². The van der Waals surface area contributed by atoms with E-state index in [0.29, 0.717) is 0 Å². The number of nitrogens with two attached hydrogens (primary N) is 1. The first-order chi connectivity index (χ1) is 2.41. The van der Waals surface area contributed by atoms with Gasteiger partial charge in [0.15, 0.2) is 0 Å². The summed E-state index contributed by atoms with van der Waals surface area (Å²) in [7, 11) is 0. The second kappa shape index (κ2) is 16.1. The fourth-order valence-corrected chi connectivity index (χ4v) is 0.204. The van der Waals surface area contributed by atoms with Crippen molar-refractivity contribution in [2.24, 2.45) is 5.73 Å². The van der Waals surface area contributed by atoms with Crippen LogP contribution in [0.15, 0.2) is 0 Å². The molecular weight excluding hydrogens is 156 g/mol. The van der Waals surface area contributed by atoms with Crippen molar-refractivity contribution >= 4 is 17.0 Å². The summed E-state index contributed by atoms with van der Waals surface area (Å²) in [6.45, 7) is 2.98. The van der Waals surface area contributed by atoms with Gasteiger partial charge in [-0.05, 0) is 13.0 Å². The molecule has 0 spiro atoms. The summed E-state index contributed by atoms with van der Waals surface area (Å²) in [5.74, 6) is 0. The van der Waals surface area contributed by atoms with E-state index in [9.17, 15) is 0 Å². The second-order valence-electron chi connectivity index (χ2n) is 1.14. The van der Waals surface area contributed by atoms with Crippen LogP contribution in [-0.2, 0) is 0 Å². The number of hydrogen-bond donors (Lipinski definition) is 2. The van der Waals surface area contributed by atoms with Crippen molar-refractivity contribution in [3.63, 3.8) is 0 Å². The Hall–Kier alpha value is 0.400. The molecule has 0 radical (unpaired) electrons. The van der Waals surface area contributed by atoms with Crippen LogP contribution < -0.4 is 11.9 Å². The molecule has 0 saturated carbocycles. The Labute approximate surface area is 55.8 Å². The highest BCUT2D eigenvalue weighted by atomic mass is 79.9. The Morgan fingerprint density at radius 1 is 1.43 bits per heavy atom. The van der Waals surface area contributed by atoms with Crippen LogP contribution in [0.1, 0.15) is 19.8 Å². The van der Waals surface area contributed by atoms with Gasteiger partial charge in [0, 0.05) is 0 Å². The molecule has 0 saturated heterocycles. The normalized spacial score (nSPS) is 6.00. The van der Waals surface area contributed by atoms with Crippen LogP contribution in [0.2, 0.25) is 0 Å². The monoisotopic (exact) mass is 170 g/mol. The summed E-state index contributed by atoms with van der Waals surface area (Å²) in [4.78, 5) is 0. The molecule has 5 N–H and O–H groups in total. The van der Waals surface area contributed by atoms with Gasteiger partial charge < -0.3 is 11.9 Å². The molecule has 2 nitrogen and oxygen atoms in total. The molecule has 0 aliphatic rings. The molecule has 0 bridgehead atoms. The van der Waals surface area contributed by atoms with E-state index in [0.717, 1.165) is 6.54 Å². The molecular formula is C4H15BrN2. The van der Waals surface area contributed by atoms with E-state index in [1.807, 2.05) is 0 Å². The quantitative estimate of drug-likeness (QED) is 0.661. The Balaban J connectivity index is -0.0000000800. The van der Waals surface area contributed by atoms with Gasteiger partial charge in [-0.3, -0.25) is 0 Å². The molecule has 0 aromatic carbocycles. The van der Waals surface area contributed by atoms with E-state index in [1.165, 1.54) is 12.8 Å². The first-order valence-electron chi connectivity index (χ1n) is 2.12. The topological polar surface area (TPSA) is 61.0 Å². The minimum Gasteiger partial charge on any atom is -0.344 e. The molecule has 7 heavy (non-hydrogen) atoms. The van der Waals surface area contributed by atoms with Crippen LogP contribution in [0.4, 0.5) is 0 Å². The summed E-state index contributed by atoms with van der Waals surface area (Å²) in [6.07, 6.45) is 2.39. The van der Waals surface area contributed by atoms with Crippen molar-refractivity contribution in [3.05, 3.63) is 0 Å². The molecule has 0 heterocycles. The third kappa shape index (κ3) is 21.5. The van der Waals surface area contributed by atoms with Crippen molar-refractivity contribution < 1.29 is 0 Å². The van der Waals surface area contributed by atoms with Gasteiger partial charge in [0.1, 0.15) is 0 Å². The van der Waals surface area contributed by atoms with Crippen molar-refractivity contribution in [3.8, 4) is 0 Å². The van der Waals surface area contributed by atoms with Crippen LogP contribution in [0.3, 0.4) is 0 Å². The minimum absolute atomic E-state index is 0. The maximum atomic E-state index is 5.14. The predicted octanol–water partition coefficient (Wildman–Crippen LogP) is 1.49. The zero-order valence-electron chi connectivity index (χ0n) is 4.81. The first kappa shape index (κ1) is 15.7. The number of rotatable bonds is 2. The van der Waals surface area contributed by atoms with Gasteiger partial charge >= 0.3 is 0 Å². The van der Waals surface area contributed by atoms with Gasteiger partial charge in [0.25, 0.3) is 0 Å². The lowest BCUT2D eigenvalue weighted by molar-refractivity contribution is 0.807. The molecule has 0 fully saturated rings. The summed E-state index contributed by atoms with van der Waals surface area (Å²) in [5, 5.41) is 0. The maximum absolute atomic E-state index is 5.14. The second-order valence-corrected chi connectivity index (χ2v) is 1.14. The largest absolute Gasteiger partial charge is 0.344 e. The van der Waals surface area contributed by atoms with Gasteiger partial charge in [-0.2, -0.15) is 0 Å².